The number of rotatable bonds is 2. The second kappa shape index (κ2) is 4.44. The molecule has 2 aliphatic heterocycles. The molecule has 16 heavy (non-hydrogen) atoms. The predicted molar refractivity (Wildman–Crippen MR) is 63.8 cm³/mol. The highest BCUT2D eigenvalue weighted by Gasteiger charge is 2.19. The Balaban J connectivity index is 1.82. The van der Waals surface area contributed by atoms with Gasteiger partial charge in [0.05, 0.1) is 0 Å². The van der Waals surface area contributed by atoms with Crippen molar-refractivity contribution in [2.45, 2.75) is 25.5 Å². The number of fused-ring (bicyclic) bond motifs is 1. The van der Waals surface area contributed by atoms with Crippen LogP contribution in [0, 0.1) is 0 Å². The van der Waals surface area contributed by atoms with Crippen LogP contribution in [0.4, 0.5) is 0 Å². The molecule has 0 aliphatic carbocycles. The lowest BCUT2D eigenvalue weighted by Crippen LogP contribution is -2.26. The molecule has 3 heteroatoms. The second-order valence-electron chi connectivity index (χ2n) is 4.55. The maximum atomic E-state index is 6.08. The standard InChI is InChI=1S/C13H18N2O/c1-2-10-8-14-7-5-12(10)13(3-1)16-11-4-6-15-9-11/h1-3,11,14-15H,4-9H2. The van der Waals surface area contributed by atoms with E-state index in [0.717, 1.165) is 44.8 Å². The third kappa shape index (κ3) is 1.93. The molecular formula is C13H18N2O. The minimum absolute atomic E-state index is 0.362. The zero-order valence-corrected chi connectivity index (χ0v) is 9.46. The van der Waals surface area contributed by atoms with Gasteiger partial charge in [-0.2, -0.15) is 0 Å². The largest absolute Gasteiger partial charge is 0.489 e. The average Bonchev–Trinajstić information content (AvgIpc) is 2.82. The Kier molecular flexibility index (Phi) is 2.80. The SMILES string of the molecule is c1cc2c(c(OC3CCNC3)c1)CCNC2. The van der Waals surface area contributed by atoms with Crippen LogP contribution in [0.3, 0.4) is 0 Å². The number of hydrogen-bond acceptors (Lipinski definition) is 3. The highest BCUT2D eigenvalue weighted by molar-refractivity contribution is 5.41. The van der Waals surface area contributed by atoms with Gasteiger partial charge in [0.15, 0.2) is 0 Å². The van der Waals surface area contributed by atoms with Crippen LogP contribution in [0.5, 0.6) is 5.75 Å². The summed E-state index contributed by atoms with van der Waals surface area (Å²) in [6.45, 7) is 4.12. The Hall–Kier alpha value is -1.06. The molecule has 0 spiro atoms. The van der Waals surface area contributed by atoms with Crippen molar-refractivity contribution in [1.29, 1.82) is 0 Å². The zero-order chi connectivity index (χ0) is 10.8. The zero-order valence-electron chi connectivity index (χ0n) is 9.46. The molecule has 0 aromatic heterocycles. The van der Waals surface area contributed by atoms with E-state index in [2.05, 4.69) is 28.8 Å². The van der Waals surface area contributed by atoms with Crippen LogP contribution in [-0.2, 0) is 13.0 Å². The van der Waals surface area contributed by atoms with E-state index in [1.807, 2.05) is 0 Å². The topological polar surface area (TPSA) is 33.3 Å². The molecule has 0 amide bonds. The van der Waals surface area contributed by atoms with Gasteiger partial charge in [-0.05, 0) is 43.1 Å². The van der Waals surface area contributed by atoms with Gasteiger partial charge in [-0.15, -0.1) is 0 Å². The maximum Gasteiger partial charge on any atom is 0.123 e. The third-order valence-corrected chi connectivity index (χ3v) is 3.41. The third-order valence-electron chi connectivity index (χ3n) is 3.41. The van der Waals surface area contributed by atoms with Crippen molar-refractivity contribution in [3.8, 4) is 5.75 Å². The van der Waals surface area contributed by atoms with E-state index in [0.29, 0.717) is 6.10 Å². The Labute approximate surface area is 96.2 Å². The average molecular weight is 218 g/mol. The normalized spacial score (nSPS) is 24.1. The molecule has 2 aliphatic rings. The van der Waals surface area contributed by atoms with Crippen LogP contribution in [0.25, 0.3) is 0 Å². The first kappa shape index (κ1) is 10.1. The highest BCUT2D eigenvalue weighted by Crippen LogP contribution is 2.26. The van der Waals surface area contributed by atoms with Crippen molar-refractivity contribution in [2.75, 3.05) is 19.6 Å². The van der Waals surface area contributed by atoms with Crippen molar-refractivity contribution in [3.05, 3.63) is 29.3 Å². The molecule has 0 bridgehead atoms. The molecule has 1 unspecified atom stereocenters. The summed E-state index contributed by atoms with van der Waals surface area (Å²) in [7, 11) is 0. The van der Waals surface area contributed by atoms with E-state index in [-0.39, 0.29) is 0 Å². The van der Waals surface area contributed by atoms with Gasteiger partial charge in [-0.25, -0.2) is 0 Å². The van der Waals surface area contributed by atoms with Gasteiger partial charge in [0, 0.05) is 13.1 Å². The molecule has 3 nitrogen and oxygen atoms in total. The molecular weight excluding hydrogens is 200 g/mol. The van der Waals surface area contributed by atoms with Gasteiger partial charge in [-0.1, -0.05) is 12.1 Å². The number of benzene rings is 1. The Morgan fingerprint density at radius 1 is 1.19 bits per heavy atom. The summed E-state index contributed by atoms with van der Waals surface area (Å²) in [5.74, 6) is 1.10. The minimum atomic E-state index is 0.362. The van der Waals surface area contributed by atoms with Crippen LogP contribution < -0.4 is 15.4 Å². The Morgan fingerprint density at radius 3 is 3.06 bits per heavy atom. The number of nitrogens with one attached hydrogen (secondary N) is 2. The van der Waals surface area contributed by atoms with Gasteiger partial charge in [0.1, 0.15) is 11.9 Å². The van der Waals surface area contributed by atoms with Crippen molar-refractivity contribution >= 4 is 0 Å². The first-order valence-corrected chi connectivity index (χ1v) is 6.12. The fourth-order valence-corrected chi connectivity index (χ4v) is 2.52. The van der Waals surface area contributed by atoms with Gasteiger partial charge in [-0.3, -0.25) is 0 Å². The van der Waals surface area contributed by atoms with Gasteiger partial charge < -0.3 is 15.4 Å². The van der Waals surface area contributed by atoms with Crippen LogP contribution in [0.2, 0.25) is 0 Å². The van der Waals surface area contributed by atoms with E-state index in [9.17, 15) is 0 Å². The summed E-state index contributed by atoms with van der Waals surface area (Å²) in [4.78, 5) is 0. The van der Waals surface area contributed by atoms with Crippen LogP contribution in [0.1, 0.15) is 17.5 Å². The molecule has 86 valence electrons. The van der Waals surface area contributed by atoms with Gasteiger partial charge in [0.2, 0.25) is 0 Å². The minimum Gasteiger partial charge on any atom is -0.489 e. The number of ether oxygens (including phenoxy) is 1. The maximum absolute atomic E-state index is 6.08. The number of hydrogen-bond donors (Lipinski definition) is 2. The molecule has 1 saturated heterocycles. The summed E-state index contributed by atoms with van der Waals surface area (Å²) in [6.07, 6.45) is 2.58. The van der Waals surface area contributed by atoms with E-state index in [4.69, 9.17) is 4.74 Å². The lowest BCUT2D eigenvalue weighted by atomic mass is 10.00. The summed E-state index contributed by atoms with van der Waals surface area (Å²) in [5.41, 5.74) is 2.81. The van der Waals surface area contributed by atoms with Gasteiger partial charge in [0.25, 0.3) is 0 Å². The lowest BCUT2D eigenvalue weighted by molar-refractivity contribution is 0.220. The van der Waals surface area contributed by atoms with Crippen molar-refractivity contribution in [3.63, 3.8) is 0 Å². The fraction of sp³-hybridized carbons (Fsp3) is 0.538. The summed E-state index contributed by atoms with van der Waals surface area (Å²) >= 11 is 0. The van der Waals surface area contributed by atoms with Crippen LogP contribution >= 0.6 is 0 Å². The molecule has 1 aromatic carbocycles. The van der Waals surface area contributed by atoms with Crippen molar-refractivity contribution < 1.29 is 4.74 Å². The molecule has 2 heterocycles. The Bertz CT molecular complexity index is 372. The molecule has 0 saturated carbocycles. The summed E-state index contributed by atoms with van der Waals surface area (Å²) < 4.78 is 6.08. The summed E-state index contributed by atoms with van der Waals surface area (Å²) in [6, 6.07) is 6.41. The summed E-state index contributed by atoms with van der Waals surface area (Å²) in [5, 5.41) is 6.73. The molecule has 2 N–H and O–H groups in total. The van der Waals surface area contributed by atoms with E-state index in [1.54, 1.807) is 0 Å². The van der Waals surface area contributed by atoms with E-state index in [1.165, 1.54) is 11.1 Å². The molecule has 0 radical (unpaired) electrons. The van der Waals surface area contributed by atoms with E-state index < -0.39 is 0 Å². The fourth-order valence-electron chi connectivity index (χ4n) is 2.52. The molecule has 1 atom stereocenters. The molecule has 3 rings (SSSR count). The highest BCUT2D eigenvalue weighted by atomic mass is 16.5. The van der Waals surface area contributed by atoms with E-state index >= 15 is 0 Å². The van der Waals surface area contributed by atoms with Gasteiger partial charge >= 0.3 is 0 Å². The predicted octanol–water partition coefficient (Wildman–Crippen LogP) is 1.07. The monoisotopic (exact) mass is 218 g/mol. The van der Waals surface area contributed by atoms with Crippen LogP contribution in [-0.4, -0.2) is 25.7 Å². The second-order valence-corrected chi connectivity index (χ2v) is 4.55. The smallest absolute Gasteiger partial charge is 0.123 e. The van der Waals surface area contributed by atoms with Crippen molar-refractivity contribution in [1.82, 2.24) is 10.6 Å². The van der Waals surface area contributed by atoms with Crippen LogP contribution in [0.15, 0.2) is 18.2 Å². The van der Waals surface area contributed by atoms with Crippen molar-refractivity contribution in [2.24, 2.45) is 0 Å². The quantitative estimate of drug-likeness (QED) is 0.779. The first-order chi connectivity index (χ1) is 7.93. The Morgan fingerprint density at radius 2 is 2.19 bits per heavy atom. The lowest BCUT2D eigenvalue weighted by Gasteiger charge is -2.22. The molecule has 1 aromatic rings. The first-order valence-electron chi connectivity index (χ1n) is 6.12. The molecule has 1 fully saturated rings.